The van der Waals surface area contributed by atoms with Crippen LogP contribution in [-0.4, -0.2) is 30.5 Å². The van der Waals surface area contributed by atoms with Crippen molar-refractivity contribution < 1.29 is 18.3 Å². The van der Waals surface area contributed by atoms with E-state index in [9.17, 15) is 13.6 Å². The van der Waals surface area contributed by atoms with E-state index in [0.717, 1.165) is 5.56 Å². The monoisotopic (exact) mass is 283 g/mol. The first kappa shape index (κ1) is 14.8. The maximum Gasteiger partial charge on any atom is 0.387 e. The smallest absolute Gasteiger partial charge is 0.387 e. The van der Waals surface area contributed by atoms with E-state index in [1.165, 1.54) is 25.0 Å². The fraction of sp³-hybridized carbons (Fsp3) is 0.533. The summed E-state index contributed by atoms with van der Waals surface area (Å²) in [4.78, 5) is 13.9. The Balaban J connectivity index is 1.90. The SMILES string of the molecule is CC(C1CC1)N(C)C(=O)Cc1ccc(OC(F)F)cc1. The van der Waals surface area contributed by atoms with Crippen molar-refractivity contribution in [2.75, 3.05) is 7.05 Å². The molecule has 1 aromatic carbocycles. The van der Waals surface area contributed by atoms with Gasteiger partial charge in [-0.25, -0.2) is 0 Å². The van der Waals surface area contributed by atoms with Crippen LogP contribution in [0.1, 0.15) is 25.3 Å². The largest absolute Gasteiger partial charge is 0.435 e. The van der Waals surface area contributed by atoms with Gasteiger partial charge < -0.3 is 9.64 Å². The van der Waals surface area contributed by atoms with Crippen molar-refractivity contribution in [3.05, 3.63) is 29.8 Å². The number of alkyl halides is 2. The molecule has 1 aliphatic carbocycles. The van der Waals surface area contributed by atoms with Crippen molar-refractivity contribution in [2.24, 2.45) is 5.92 Å². The van der Waals surface area contributed by atoms with Gasteiger partial charge in [-0.05, 0) is 43.4 Å². The summed E-state index contributed by atoms with van der Waals surface area (Å²) in [5, 5.41) is 0. The maximum absolute atomic E-state index is 12.1. The van der Waals surface area contributed by atoms with Crippen LogP contribution in [0, 0.1) is 5.92 Å². The molecule has 1 aliphatic rings. The molecule has 0 bridgehead atoms. The fourth-order valence-electron chi connectivity index (χ4n) is 2.21. The Labute approximate surface area is 117 Å². The minimum absolute atomic E-state index is 0.0481. The van der Waals surface area contributed by atoms with E-state index in [1.807, 2.05) is 7.05 Å². The Morgan fingerprint density at radius 3 is 2.45 bits per heavy atom. The van der Waals surface area contributed by atoms with Gasteiger partial charge >= 0.3 is 6.61 Å². The Morgan fingerprint density at radius 1 is 1.35 bits per heavy atom. The molecule has 1 unspecified atom stereocenters. The molecule has 3 nitrogen and oxygen atoms in total. The van der Waals surface area contributed by atoms with E-state index in [2.05, 4.69) is 11.7 Å². The molecule has 0 aliphatic heterocycles. The van der Waals surface area contributed by atoms with Gasteiger partial charge in [0.25, 0.3) is 0 Å². The maximum atomic E-state index is 12.1. The van der Waals surface area contributed by atoms with Gasteiger partial charge in [0.15, 0.2) is 0 Å². The van der Waals surface area contributed by atoms with Gasteiger partial charge in [-0.15, -0.1) is 0 Å². The number of nitrogens with zero attached hydrogens (tertiary/aromatic N) is 1. The predicted octanol–water partition coefficient (Wildman–Crippen LogP) is 3.09. The first-order valence-electron chi connectivity index (χ1n) is 6.77. The number of benzene rings is 1. The molecule has 5 heteroatoms. The fourth-order valence-corrected chi connectivity index (χ4v) is 2.21. The average Bonchev–Trinajstić information content (AvgIpc) is 3.23. The number of amides is 1. The molecule has 1 aromatic rings. The molecule has 0 spiro atoms. The highest BCUT2D eigenvalue weighted by Crippen LogP contribution is 2.34. The van der Waals surface area contributed by atoms with Crippen LogP contribution in [0.4, 0.5) is 8.78 Å². The zero-order valence-electron chi connectivity index (χ0n) is 11.7. The molecule has 1 atom stereocenters. The number of likely N-dealkylation sites (N-methyl/N-ethyl adjacent to an activating group) is 1. The molecular formula is C15H19F2NO2. The van der Waals surface area contributed by atoms with Crippen LogP contribution in [0.15, 0.2) is 24.3 Å². The van der Waals surface area contributed by atoms with Crippen molar-refractivity contribution >= 4 is 5.91 Å². The zero-order valence-corrected chi connectivity index (χ0v) is 11.7. The van der Waals surface area contributed by atoms with Crippen LogP contribution in [0.2, 0.25) is 0 Å². The highest BCUT2D eigenvalue weighted by molar-refractivity contribution is 5.78. The molecule has 0 N–H and O–H groups in total. The standard InChI is InChI=1S/C15H19F2NO2/c1-10(12-5-6-12)18(2)14(19)9-11-3-7-13(8-4-11)20-15(16)17/h3-4,7-8,10,12,15H,5-6,9H2,1-2H3. The predicted molar refractivity (Wildman–Crippen MR) is 71.7 cm³/mol. The molecular weight excluding hydrogens is 264 g/mol. The summed E-state index contributed by atoms with van der Waals surface area (Å²) >= 11 is 0. The third-order valence-electron chi connectivity index (χ3n) is 3.81. The van der Waals surface area contributed by atoms with Gasteiger partial charge in [-0.1, -0.05) is 12.1 Å². The molecule has 0 heterocycles. The Kier molecular flexibility index (Phi) is 4.57. The second-order valence-corrected chi connectivity index (χ2v) is 5.28. The lowest BCUT2D eigenvalue weighted by molar-refractivity contribution is -0.131. The number of hydrogen-bond donors (Lipinski definition) is 0. The highest BCUT2D eigenvalue weighted by atomic mass is 19.3. The van der Waals surface area contributed by atoms with Gasteiger partial charge in [0.1, 0.15) is 5.75 Å². The minimum Gasteiger partial charge on any atom is -0.435 e. The molecule has 2 rings (SSSR count). The number of ether oxygens (including phenoxy) is 1. The lowest BCUT2D eigenvalue weighted by Crippen LogP contribution is -2.37. The van der Waals surface area contributed by atoms with Crippen molar-refractivity contribution in [1.82, 2.24) is 4.90 Å². The zero-order chi connectivity index (χ0) is 14.7. The summed E-state index contributed by atoms with van der Waals surface area (Å²) in [6, 6.07) is 6.47. The van der Waals surface area contributed by atoms with E-state index in [0.29, 0.717) is 5.92 Å². The summed E-state index contributed by atoms with van der Waals surface area (Å²) in [7, 11) is 1.82. The summed E-state index contributed by atoms with van der Waals surface area (Å²) in [5.74, 6) is 0.786. The third kappa shape index (κ3) is 3.92. The Morgan fingerprint density at radius 2 is 1.95 bits per heavy atom. The van der Waals surface area contributed by atoms with Crippen molar-refractivity contribution in [3.63, 3.8) is 0 Å². The minimum atomic E-state index is -2.83. The average molecular weight is 283 g/mol. The summed E-state index contributed by atoms with van der Waals surface area (Å²) in [6.07, 6.45) is 2.67. The molecule has 110 valence electrons. The van der Waals surface area contributed by atoms with Crippen LogP contribution in [0.25, 0.3) is 0 Å². The van der Waals surface area contributed by atoms with E-state index < -0.39 is 6.61 Å². The van der Waals surface area contributed by atoms with Crippen LogP contribution < -0.4 is 4.74 Å². The van der Waals surface area contributed by atoms with Gasteiger partial charge in [-0.2, -0.15) is 8.78 Å². The lowest BCUT2D eigenvalue weighted by Gasteiger charge is -2.25. The van der Waals surface area contributed by atoms with E-state index >= 15 is 0 Å². The molecule has 1 saturated carbocycles. The molecule has 0 saturated heterocycles. The van der Waals surface area contributed by atoms with Crippen LogP contribution >= 0.6 is 0 Å². The normalized spacial score (nSPS) is 16.1. The number of hydrogen-bond acceptors (Lipinski definition) is 2. The number of rotatable bonds is 6. The molecule has 20 heavy (non-hydrogen) atoms. The molecule has 0 radical (unpaired) electrons. The summed E-state index contributed by atoms with van der Waals surface area (Å²) in [5.41, 5.74) is 0.798. The van der Waals surface area contributed by atoms with E-state index in [-0.39, 0.29) is 24.1 Å². The van der Waals surface area contributed by atoms with Gasteiger partial charge in [0.05, 0.1) is 6.42 Å². The molecule has 1 amide bonds. The summed E-state index contributed by atoms with van der Waals surface area (Å²) < 4.78 is 28.3. The van der Waals surface area contributed by atoms with Crippen LogP contribution in [-0.2, 0) is 11.2 Å². The third-order valence-corrected chi connectivity index (χ3v) is 3.81. The Hall–Kier alpha value is -1.65. The first-order chi connectivity index (χ1) is 9.47. The number of halogens is 2. The second-order valence-electron chi connectivity index (χ2n) is 5.28. The van der Waals surface area contributed by atoms with Crippen molar-refractivity contribution in [1.29, 1.82) is 0 Å². The van der Waals surface area contributed by atoms with Gasteiger partial charge in [0.2, 0.25) is 5.91 Å². The molecule has 1 fully saturated rings. The van der Waals surface area contributed by atoms with E-state index in [4.69, 9.17) is 0 Å². The quantitative estimate of drug-likeness (QED) is 0.803. The Bertz CT molecular complexity index is 457. The number of carbonyl (C=O) groups is 1. The van der Waals surface area contributed by atoms with Crippen LogP contribution in [0.3, 0.4) is 0 Å². The van der Waals surface area contributed by atoms with Crippen molar-refractivity contribution in [3.8, 4) is 5.75 Å². The highest BCUT2D eigenvalue weighted by Gasteiger charge is 2.32. The molecule has 0 aromatic heterocycles. The van der Waals surface area contributed by atoms with Gasteiger partial charge in [-0.3, -0.25) is 4.79 Å². The van der Waals surface area contributed by atoms with Gasteiger partial charge in [0, 0.05) is 13.1 Å². The van der Waals surface area contributed by atoms with E-state index in [1.54, 1.807) is 17.0 Å². The topological polar surface area (TPSA) is 29.5 Å². The lowest BCUT2D eigenvalue weighted by atomic mass is 10.1. The second kappa shape index (κ2) is 6.20. The first-order valence-corrected chi connectivity index (χ1v) is 6.77. The van der Waals surface area contributed by atoms with Crippen LogP contribution in [0.5, 0.6) is 5.75 Å². The number of carbonyl (C=O) groups excluding carboxylic acids is 1. The van der Waals surface area contributed by atoms with Crippen molar-refractivity contribution in [2.45, 2.75) is 38.8 Å². The summed E-state index contributed by atoms with van der Waals surface area (Å²) in [6.45, 7) is -0.761.